The number of benzene rings is 2. The lowest BCUT2D eigenvalue weighted by molar-refractivity contribution is -0.282. The first-order valence-electron chi connectivity index (χ1n) is 18.3. The van der Waals surface area contributed by atoms with Gasteiger partial charge in [-0.3, -0.25) is 28.8 Å². The van der Waals surface area contributed by atoms with E-state index < -0.39 is 66.0 Å². The van der Waals surface area contributed by atoms with Crippen molar-refractivity contribution in [2.45, 2.75) is 117 Å². The molecule has 302 valence electrons. The van der Waals surface area contributed by atoms with Gasteiger partial charge in [-0.25, -0.2) is 4.79 Å². The number of methoxy groups -OCH3 is 1. The molecule has 1 aliphatic rings. The van der Waals surface area contributed by atoms with Gasteiger partial charge in [0.2, 0.25) is 17.8 Å². The van der Waals surface area contributed by atoms with E-state index in [-0.39, 0.29) is 46.8 Å². The first-order valence-corrected chi connectivity index (χ1v) is 18.3. The van der Waals surface area contributed by atoms with Crippen molar-refractivity contribution in [2.75, 3.05) is 7.11 Å². The second-order valence-electron chi connectivity index (χ2n) is 12.9. The summed E-state index contributed by atoms with van der Waals surface area (Å²) in [5, 5.41) is -0.119. The van der Waals surface area contributed by atoms with Crippen LogP contribution >= 0.6 is 0 Å². The Morgan fingerprint density at radius 3 is 1.84 bits per heavy atom. The van der Waals surface area contributed by atoms with E-state index in [9.17, 15) is 33.6 Å². The molecule has 1 aliphatic heterocycles. The molecule has 5 atom stereocenters. The number of hydrogen-bond donors (Lipinski definition) is 0. The van der Waals surface area contributed by atoms with Crippen molar-refractivity contribution in [3.8, 4) is 28.4 Å². The molecule has 4 rings (SSSR count). The standard InChI is InChI=1S/C40H46O16/c1-7-9-11-13-31(44)53-26-17-15-25(16-18-26)28-21-49-29-19-27(20-30(33(29)34(28)46)55-32(45)14-12-10-8-2)54-40-38(52-24(5)43)36(51-23(4)42)35(50-22(3)41)37(56-40)39(47)48-6/h15-21,35-38,40H,7-14H2,1-6H3/t35-,36-,37-,38+,40+/m0/s1. The zero-order valence-corrected chi connectivity index (χ0v) is 32.1. The van der Waals surface area contributed by atoms with Crippen LogP contribution in [0, 0.1) is 0 Å². The molecule has 0 saturated carbocycles. The quantitative estimate of drug-likeness (QED) is 0.0717. The molecule has 3 aromatic rings. The summed E-state index contributed by atoms with van der Waals surface area (Å²) in [5.41, 5.74) is -0.152. The van der Waals surface area contributed by atoms with Gasteiger partial charge in [-0.1, -0.05) is 51.7 Å². The van der Waals surface area contributed by atoms with Gasteiger partial charge in [0.25, 0.3) is 0 Å². The molecule has 0 radical (unpaired) electrons. The van der Waals surface area contributed by atoms with Gasteiger partial charge in [-0.15, -0.1) is 0 Å². The predicted molar refractivity (Wildman–Crippen MR) is 195 cm³/mol. The topological polar surface area (TPSA) is 206 Å². The summed E-state index contributed by atoms with van der Waals surface area (Å²) in [6.07, 6.45) is -2.17. The molecule has 1 saturated heterocycles. The maximum absolute atomic E-state index is 14.1. The summed E-state index contributed by atoms with van der Waals surface area (Å²) in [7, 11) is 1.05. The van der Waals surface area contributed by atoms with Crippen molar-refractivity contribution in [1.82, 2.24) is 0 Å². The van der Waals surface area contributed by atoms with Gasteiger partial charge in [0.1, 0.15) is 34.5 Å². The number of fused-ring (bicyclic) bond motifs is 1. The van der Waals surface area contributed by atoms with Gasteiger partial charge in [0.05, 0.1) is 12.7 Å². The Morgan fingerprint density at radius 2 is 1.27 bits per heavy atom. The molecule has 1 fully saturated rings. The summed E-state index contributed by atoms with van der Waals surface area (Å²) < 4.78 is 50.0. The highest BCUT2D eigenvalue weighted by Crippen LogP contribution is 2.36. The van der Waals surface area contributed by atoms with Crippen molar-refractivity contribution in [3.63, 3.8) is 0 Å². The Hall–Kier alpha value is -5.77. The summed E-state index contributed by atoms with van der Waals surface area (Å²) in [6.45, 7) is 7.16. The summed E-state index contributed by atoms with van der Waals surface area (Å²) >= 11 is 0. The van der Waals surface area contributed by atoms with Crippen molar-refractivity contribution >= 4 is 46.8 Å². The third-order valence-corrected chi connectivity index (χ3v) is 8.49. The zero-order chi connectivity index (χ0) is 40.9. The average molecular weight is 783 g/mol. The van der Waals surface area contributed by atoms with Crippen molar-refractivity contribution in [2.24, 2.45) is 0 Å². The number of carbonyl (C=O) groups excluding carboxylic acids is 6. The van der Waals surface area contributed by atoms with Crippen LogP contribution < -0.4 is 19.6 Å². The first kappa shape index (κ1) is 43.0. The third-order valence-electron chi connectivity index (χ3n) is 8.49. The number of rotatable bonds is 17. The van der Waals surface area contributed by atoms with Crippen molar-refractivity contribution < 1.29 is 71.1 Å². The van der Waals surface area contributed by atoms with E-state index in [4.69, 9.17) is 42.3 Å². The molecule has 56 heavy (non-hydrogen) atoms. The zero-order valence-electron chi connectivity index (χ0n) is 32.1. The molecule has 2 heterocycles. The fourth-order valence-corrected chi connectivity index (χ4v) is 5.95. The summed E-state index contributed by atoms with van der Waals surface area (Å²) in [6, 6.07) is 8.73. The molecular weight excluding hydrogens is 736 g/mol. The molecule has 2 aromatic carbocycles. The molecule has 1 aromatic heterocycles. The molecule has 16 heteroatoms. The van der Waals surface area contributed by atoms with Crippen LogP contribution in [0.2, 0.25) is 0 Å². The second-order valence-corrected chi connectivity index (χ2v) is 12.9. The summed E-state index contributed by atoms with van der Waals surface area (Å²) in [5.74, 6) is -4.80. The van der Waals surface area contributed by atoms with E-state index in [1.807, 2.05) is 13.8 Å². The van der Waals surface area contributed by atoms with E-state index >= 15 is 0 Å². The Bertz CT molecular complexity index is 1950. The van der Waals surface area contributed by atoms with Gasteiger partial charge in [-0.2, -0.15) is 0 Å². The van der Waals surface area contributed by atoms with Gasteiger partial charge in [-0.05, 0) is 30.5 Å². The van der Waals surface area contributed by atoms with E-state index in [0.717, 1.165) is 53.6 Å². The van der Waals surface area contributed by atoms with Gasteiger partial charge >= 0.3 is 35.8 Å². The normalized spacial score (nSPS) is 19.0. The summed E-state index contributed by atoms with van der Waals surface area (Å²) in [4.78, 5) is 88.8. The highest BCUT2D eigenvalue weighted by atomic mass is 16.7. The minimum absolute atomic E-state index is 0.0345. The lowest BCUT2D eigenvalue weighted by Gasteiger charge is -2.43. The Balaban J connectivity index is 1.77. The molecule has 0 bridgehead atoms. The lowest BCUT2D eigenvalue weighted by atomic mass is 9.97. The molecule has 0 unspecified atom stereocenters. The highest BCUT2D eigenvalue weighted by Gasteiger charge is 2.56. The number of carbonyl (C=O) groups is 6. The first-order chi connectivity index (χ1) is 26.8. The lowest BCUT2D eigenvalue weighted by Crippen LogP contribution is -2.64. The largest absolute Gasteiger partial charge is 0.467 e. The fraction of sp³-hybridized carbons (Fsp3) is 0.475. The minimum Gasteiger partial charge on any atom is -0.467 e. The molecule has 0 amide bonds. The molecule has 0 N–H and O–H groups in total. The van der Waals surface area contributed by atoms with Crippen LogP contribution in [0.25, 0.3) is 22.1 Å². The van der Waals surface area contributed by atoms with E-state index in [0.29, 0.717) is 24.2 Å². The maximum atomic E-state index is 14.1. The second kappa shape index (κ2) is 20.2. The minimum atomic E-state index is -1.74. The van der Waals surface area contributed by atoms with E-state index in [1.54, 1.807) is 24.3 Å². The van der Waals surface area contributed by atoms with Gasteiger partial charge < -0.3 is 42.3 Å². The molecule has 0 spiro atoms. The fourth-order valence-electron chi connectivity index (χ4n) is 5.95. The SMILES string of the molecule is CCCCCC(=O)Oc1ccc(-c2coc3cc(O[C@@H]4O[C@H](C(=O)OC)[C@@H](OC(C)=O)[C@H](OC(C)=O)[C@H]4OC(C)=O)cc(OC(=O)CCCCC)c3c2=O)cc1. The monoisotopic (exact) mass is 782 g/mol. The molecular formula is C40H46O16. The number of hydrogen-bond acceptors (Lipinski definition) is 16. The Kier molecular flexibility index (Phi) is 15.5. The van der Waals surface area contributed by atoms with Crippen LogP contribution in [0.4, 0.5) is 0 Å². The number of unbranched alkanes of at least 4 members (excludes halogenated alkanes) is 4. The van der Waals surface area contributed by atoms with E-state index in [2.05, 4.69) is 0 Å². The van der Waals surface area contributed by atoms with Crippen LogP contribution in [-0.4, -0.2) is 73.6 Å². The number of ether oxygens (including phenoxy) is 8. The van der Waals surface area contributed by atoms with Crippen molar-refractivity contribution in [1.29, 1.82) is 0 Å². The molecule has 0 aliphatic carbocycles. The van der Waals surface area contributed by atoms with Crippen LogP contribution in [0.3, 0.4) is 0 Å². The molecule has 16 nitrogen and oxygen atoms in total. The maximum Gasteiger partial charge on any atom is 0.339 e. The van der Waals surface area contributed by atoms with Crippen LogP contribution in [-0.2, 0) is 52.5 Å². The van der Waals surface area contributed by atoms with Crippen LogP contribution in [0.5, 0.6) is 17.2 Å². The van der Waals surface area contributed by atoms with Crippen molar-refractivity contribution in [3.05, 3.63) is 52.9 Å². The predicted octanol–water partition coefficient (Wildman–Crippen LogP) is 5.50. The van der Waals surface area contributed by atoms with E-state index in [1.165, 1.54) is 18.4 Å². The Morgan fingerprint density at radius 1 is 0.696 bits per heavy atom. The highest BCUT2D eigenvalue weighted by molar-refractivity contribution is 5.90. The smallest absolute Gasteiger partial charge is 0.339 e. The Labute approximate surface area is 322 Å². The van der Waals surface area contributed by atoms with Crippen LogP contribution in [0.1, 0.15) is 86.0 Å². The van der Waals surface area contributed by atoms with Gasteiger partial charge in [0, 0.05) is 45.7 Å². The van der Waals surface area contributed by atoms with Gasteiger partial charge in [0.15, 0.2) is 18.3 Å². The van der Waals surface area contributed by atoms with Crippen LogP contribution in [0.15, 0.2) is 51.9 Å². The average Bonchev–Trinajstić information content (AvgIpc) is 3.13. The third kappa shape index (κ3) is 11.4. The number of esters is 6.